The summed E-state index contributed by atoms with van der Waals surface area (Å²) in [4.78, 5) is 12.7. The molecular formula is C20H23O3S+. The van der Waals surface area contributed by atoms with Crippen LogP contribution in [0.15, 0.2) is 58.8 Å². The van der Waals surface area contributed by atoms with Gasteiger partial charge >= 0.3 is 5.97 Å². The van der Waals surface area contributed by atoms with E-state index in [0.29, 0.717) is 6.42 Å². The molecule has 2 aromatic carbocycles. The maximum absolute atomic E-state index is 11.5. The van der Waals surface area contributed by atoms with E-state index < -0.39 is 0 Å². The largest absolute Gasteiger partial charge is 0.497 e. The van der Waals surface area contributed by atoms with Gasteiger partial charge in [-0.1, -0.05) is 29.8 Å². The highest BCUT2D eigenvalue weighted by molar-refractivity contribution is 7.99. The Morgan fingerprint density at radius 3 is 2.29 bits per heavy atom. The number of rotatable bonds is 7. The molecule has 0 aliphatic carbocycles. The van der Waals surface area contributed by atoms with Crippen molar-refractivity contribution in [3.8, 4) is 5.75 Å². The highest BCUT2D eigenvalue weighted by Crippen LogP contribution is 2.20. The van der Waals surface area contributed by atoms with Crippen LogP contribution in [0.5, 0.6) is 5.75 Å². The average molecular weight is 343 g/mol. The quantitative estimate of drug-likeness (QED) is 0.558. The number of hydrogen-bond donors (Lipinski definition) is 0. The lowest BCUT2D eigenvalue weighted by molar-refractivity contribution is -0.140. The molecule has 0 amide bonds. The molecule has 0 saturated carbocycles. The lowest BCUT2D eigenvalue weighted by Crippen LogP contribution is -2.11. The van der Waals surface area contributed by atoms with Gasteiger partial charge in [0.05, 0.1) is 31.5 Å². The summed E-state index contributed by atoms with van der Waals surface area (Å²) in [7, 11) is 2.95. The topological polar surface area (TPSA) is 35.5 Å². The third-order valence-corrected chi connectivity index (χ3v) is 5.60. The SMILES string of the molecule is COC(=O)CC[S+](/C=C/c1ccc(OC)cc1)c1ccc(C)cc1. The molecule has 2 aromatic rings. The van der Waals surface area contributed by atoms with E-state index in [2.05, 4.69) is 42.7 Å². The first-order chi connectivity index (χ1) is 11.6. The van der Waals surface area contributed by atoms with E-state index in [0.717, 1.165) is 17.1 Å². The third-order valence-electron chi connectivity index (χ3n) is 3.62. The molecule has 0 aromatic heterocycles. The summed E-state index contributed by atoms with van der Waals surface area (Å²) in [6, 6.07) is 16.4. The molecule has 0 fully saturated rings. The summed E-state index contributed by atoms with van der Waals surface area (Å²) in [6.07, 6.45) is 2.51. The van der Waals surface area contributed by atoms with Gasteiger partial charge in [-0.15, -0.1) is 0 Å². The maximum atomic E-state index is 11.5. The highest BCUT2D eigenvalue weighted by atomic mass is 32.2. The van der Waals surface area contributed by atoms with Crippen molar-refractivity contribution in [1.29, 1.82) is 0 Å². The Labute approximate surface area is 146 Å². The summed E-state index contributed by atoms with van der Waals surface area (Å²) < 4.78 is 9.95. The molecule has 24 heavy (non-hydrogen) atoms. The summed E-state index contributed by atoms with van der Waals surface area (Å²) in [5, 5.41) is 2.18. The van der Waals surface area contributed by atoms with Crippen LogP contribution in [0.1, 0.15) is 17.5 Å². The second kappa shape index (κ2) is 9.18. The Balaban J connectivity index is 2.15. The number of hydrogen-bond acceptors (Lipinski definition) is 3. The van der Waals surface area contributed by atoms with Crippen molar-refractivity contribution in [2.24, 2.45) is 0 Å². The summed E-state index contributed by atoms with van der Waals surface area (Å²) in [5.41, 5.74) is 2.34. The lowest BCUT2D eigenvalue weighted by atomic mass is 10.2. The molecule has 0 aliphatic rings. The van der Waals surface area contributed by atoms with Gasteiger partial charge in [0.1, 0.15) is 16.9 Å². The van der Waals surface area contributed by atoms with Crippen molar-refractivity contribution in [2.75, 3.05) is 20.0 Å². The third kappa shape index (κ3) is 5.46. The van der Waals surface area contributed by atoms with E-state index in [1.54, 1.807) is 7.11 Å². The van der Waals surface area contributed by atoms with E-state index in [9.17, 15) is 4.79 Å². The van der Waals surface area contributed by atoms with E-state index in [1.807, 2.05) is 24.3 Å². The molecule has 2 rings (SSSR count). The first-order valence-electron chi connectivity index (χ1n) is 7.78. The number of carbonyl (C=O) groups is 1. The summed E-state index contributed by atoms with van der Waals surface area (Å²) >= 11 is 0. The zero-order valence-corrected chi connectivity index (χ0v) is 15.1. The zero-order valence-electron chi connectivity index (χ0n) is 14.3. The van der Waals surface area contributed by atoms with Crippen LogP contribution >= 0.6 is 0 Å². The Morgan fingerprint density at radius 2 is 1.71 bits per heavy atom. The summed E-state index contributed by atoms with van der Waals surface area (Å²) in [5.74, 6) is 1.43. The van der Waals surface area contributed by atoms with Gasteiger partial charge in [0, 0.05) is 0 Å². The molecule has 0 aliphatic heterocycles. The van der Waals surface area contributed by atoms with Gasteiger partial charge in [-0.2, -0.15) is 0 Å². The molecule has 1 unspecified atom stereocenters. The smallest absolute Gasteiger partial charge is 0.310 e. The van der Waals surface area contributed by atoms with Crippen LogP contribution < -0.4 is 4.74 Å². The van der Waals surface area contributed by atoms with Crippen molar-refractivity contribution in [1.82, 2.24) is 0 Å². The van der Waals surface area contributed by atoms with Gasteiger partial charge in [-0.25, -0.2) is 0 Å². The van der Waals surface area contributed by atoms with Crippen molar-refractivity contribution in [3.05, 3.63) is 65.1 Å². The maximum Gasteiger partial charge on any atom is 0.310 e. The van der Waals surface area contributed by atoms with Crippen LogP contribution in [0.2, 0.25) is 0 Å². The van der Waals surface area contributed by atoms with Gasteiger partial charge in [-0.3, -0.25) is 4.79 Å². The predicted octanol–water partition coefficient (Wildman–Crippen LogP) is 4.21. The Hall–Kier alpha value is -2.20. The number of esters is 1. The van der Waals surface area contributed by atoms with Crippen molar-refractivity contribution in [2.45, 2.75) is 18.2 Å². The fraction of sp³-hybridized carbons (Fsp3) is 0.250. The molecule has 0 heterocycles. The van der Waals surface area contributed by atoms with Crippen molar-refractivity contribution < 1.29 is 14.3 Å². The van der Waals surface area contributed by atoms with Gasteiger partial charge < -0.3 is 9.47 Å². The molecule has 0 bridgehead atoms. The summed E-state index contributed by atoms with van der Waals surface area (Å²) in [6.45, 7) is 2.07. The average Bonchev–Trinajstić information content (AvgIpc) is 2.63. The van der Waals surface area contributed by atoms with Crippen molar-refractivity contribution >= 4 is 22.9 Å². The molecule has 3 nitrogen and oxygen atoms in total. The minimum Gasteiger partial charge on any atom is -0.497 e. The van der Waals surface area contributed by atoms with Crippen LogP contribution in [0, 0.1) is 6.92 Å². The number of benzene rings is 2. The molecule has 0 saturated heterocycles. The molecule has 4 heteroatoms. The Kier molecular flexibility index (Phi) is 6.94. The number of aryl methyl sites for hydroxylation is 1. The second-order valence-corrected chi connectivity index (χ2v) is 7.36. The van der Waals surface area contributed by atoms with Crippen LogP contribution in [0.4, 0.5) is 0 Å². The Morgan fingerprint density at radius 1 is 1.04 bits per heavy atom. The zero-order chi connectivity index (χ0) is 17.4. The van der Waals surface area contributed by atoms with E-state index in [4.69, 9.17) is 9.47 Å². The fourth-order valence-corrected chi connectivity index (χ4v) is 3.87. The monoisotopic (exact) mass is 343 g/mol. The molecular weight excluding hydrogens is 320 g/mol. The van der Waals surface area contributed by atoms with Gasteiger partial charge in [0.15, 0.2) is 4.90 Å². The second-order valence-electron chi connectivity index (χ2n) is 5.35. The van der Waals surface area contributed by atoms with E-state index >= 15 is 0 Å². The molecule has 0 radical (unpaired) electrons. The van der Waals surface area contributed by atoms with E-state index in [1.165, 1.54) is 17.6 Å². The molecule has 0 N–H and O–H groups in total. The minimum atomic E-state index is -0.169. The van der Waals surface area contributed by atoms with Crippen LogP contribution in [0.3, 0.4) is 0 Å². The first kappa shape index (κ1) is 18.1. The number of methoxy groups -OCH3 is 2. The molecule has 126 valence electrons. The Bertz CT molecular complexity index is 675. The van der Waals surface area contributed by atoms with Gasteiger partial charge in [0.25, 0.3) is 0 Å². The standard InChI is InChI=1S/C20H23O3S/c1-16-4-10-19(11-5-16)24(15-13-20(21)23-3)14-12-17-6-8-18(22-2)9-7-17/h4-12,14H,13,15H2,1-3H3/q+1/b14-12+. The van der Waals surface area contributed by atoms with Crippen LogP contribution in [-0.2, 0) is 20.4 Å². The van der Waals surface area contributed by atoms with Crippen LogP contribution in [-0.4, -0.2) is 25.9 Å². The number of carbonyl (C=O) groups excluding carboxylic acids is 1. The highest BCUT2D eigenvalue weighted by Gasteiger charge is 2.20. The fourth-order valence-electron chi connectivity index (χ4n) is 2.15. The molecule has 1 atom stereocenters. The number of ether oxygens (including phenoxy) is 2. The predicted molar refractivity (Wildman–Crippen MR) is 100 cm³/mol. The van der Waals surface area contributed by atoms with Gasteiger partial charge in [-0.05, 0) is 42.8 Å². The van der Waals surface area contributed by atoms with Crippen molar-refractivity contribution in [3.63, 3.8) is 0 Å². The first-order valence-corrected chi connectivity index (χ1v) is 9.23. The van der Waals surface area contributed by atoms with Gasteiger partial charge in [0.2, 0.25) is 0 Å². The van der Waals surface area contributed by atoms with E-state index in [-0.39, 0.29) is 16.9 Å². The lowest BCUT2D eigenvalue weighted by Gasteiger charge is -2.04. The molecule has 0 spiro atoms. The van der Waals surface area contributed by atoms with Crippen LogP contribution in [0.25, 0.3) is 6.08 Å². The minimum absolute atomic E-state index is 0.139. The normalized spacial score (nSPS) is 12.1.